The Morgan fingerprint density at radius 2 is 1.71 bits per heavy atom. The van der Waals surface area contributed by atoms with E-state index >= 15 is 0 Å². The summed E-state index contributed by atoms with van der Waals surface area (Å²) in [4.78, 5) is 53.1. The van der Waals surface area contributed by atoms with Gasteiger partial charge in [-0.15, -0.1) is 0 Å². The van der Waals surface area contributed by atoms with Crippen LogP contribution in [0.25, 0.3) is 0 Å². The first-order chi connectivity index (χ1) is 14.8. The number of hydrogen-bond donors (Lipinski definition) is 1. The van der Waals surface area contributed by atoms with Gasteiger partial charge >= 0.3 is 12.0 Å². The van der Waals surface area contributed by atoms with Crippen molar-refractivity contribution in [2.45, 2.75) is 26.3 Å². The van der Waals surface area contributed by atoms with Crippen LogP contribution in [-0.4, -0.2) is 48.4 Å². The molecule has 1 N–H and O–H groups in total. The molecule has 1 atom stereocenters. The van der Waals surface area contributed by atoms with Gasteiger partial charge in [-0.2, -0.15) is 0 Å². The maximum Gasteiger partial charge on any atom is 0.326 e. The summed E-state index contributed by atoms with van der Waals surface area (Å²) in [6.45, 7) is 4.50. The van der Waals surface area contributed by atoms with Gasteiger partial charge in [0.2, 0.25) is 5.91 Å². The van der Waals surface area contributed by atoms with Gasteiger partial charge in [0.25, 0.3) is 5.91 Å². The SMILES string of the molecule is CCOC(=O)CN(C(=O)CN1C(=O)NC(C)(c2ccccc2C)C1=O)c1ccccc1. The number of carbonyl (C=O) groups is 4. The Kier molecular flexibility index (Phi) is 6.39. The molecule has 4 amide bonds. The summed E-state index contributed by atoms with van der Waals surface area (Å²) in [5.41, 5.74) is 0.700. The fourth-order valence-corrected chi connectivity index (χ4v) is 3.64. The molecule has 0 radical (unpaired) electrons. The lowest BCUT2D eigenvalue weighted by atomic mass is 9.88. The molecule has 1 unspecified atom stereocenters. The molecular weight excluding hydrogens is 398 g/mol. The second kappa shape index (κ2) is 8.99. The van der Waals surface area contributed by atoms with Crippen molar-refractivity contribution in [3.8, 4) is 0 Å². The van der Waals surface area contributed by atoms with Gasteiger partial charge in [-0.25, -0.2) is 4.79 Å². The zero-order valence-electron chi connectivity index (χ0n) is 17.8. The molecule has 0 aromatic heterocycles. The Morgan fingerprint density at radius 1 is 1.06 bits per heavy atom. The molecule has 2 aromatic rings. The molecule has 1 aliphatic heterocycles. The average molecular weight is 423 g/mol. The van der Waals surface area contributed by atoms with Crippen LogP contribution in [0, 0.1) is 6.92 Å². The number of urea groups is 1. The van der Waals surface area contributed by atoms with Crippen LogP contribution in [0.15, 0.2) is 54.6 Å². The Labute approximate surface area is 180 Å². The Balaban J connectivity index is 1.84. The summed E-state index contributed by atoms with van der Waals surface area (Å²) in [6.07, 6.45) is 0. The van der Waals surface area contributed by atoms with Crippen molar-refractivity contribution in [3.05, 3.63) is 65.7 Å². The molecule has 31 heavy (non-hydrogen) atoms. The number of esters is 1. The van der Waals surface area contributed by atoms with Gasteiger partial charge < -0.3 is 10.1 Å². The third kappa shape index (κ3) is 4.42. The minimum Gasteiger partial charge on any atom is -0.465 e. The summed E-state index contributed by atoms with van der Waals surface area (Å²) in [5, 5.41) is 2.71. The van der Waals surface area contributed by atoms with Crippen LogP contribution in [0.1, 0.15) is 25.0 Å². The van der Waals surface area contributed by atoms with Crippen molar-refractivity contribution < 1.29 is 23.9 Å². The number of nitrogens with one attached hydrogen (secondary N) is 1. The number of para-hydroxylation sites is 1. The topological polar surface area (TPSA) is 96.0 Å². The van der Waals surface area contributed by atoms with Crippen LogP contribution in [0.5, 0.6) is 0 Å². The van der Waals surface area contributed by atoms with Crippen LogP contribution in [0.4, 0.5) is 10.5 Å². The van der Waals surface area contributed by atoms with Crippen molar-refractivity contribution in [2.75, 3.05) is 24.6 Å². The molecule has 0 saturated carbocycles. The number of nitrogens with zero attached hydrogens (tertiary/aromatic N) is 2. The zero-order chi connectivity index (χ0) is 22.6. The Morgan fingerprint density at radius 3 is 2.35 bits per heavy atom. The normalized spacial score (nSPS) is 18.0. The van der Waals surface area contributed by atoms with Crippen LogP contribution >= 0.6 is 0 Å². The van der Waals surface area contributed by atoms with Crippen molar-refractivity contribution in [2.24, 2.45) is 0 Å². The van der Waals surface area contributed by atoms with Gasteiger partial charge in [0.05, 0.1) is 6.61 Å². The van der Waals surface area contributed by atoms with E-state index in [1.165, 1.54) is 4.90 Å². The highest BCUT2D eigenvalue weighted by Crippen LogP contribution is 2.31. The largest absolute Gasteiger partial charge is 0.465 e. The number of hydrogen-bond acceptors (Lipinski definition) is 5. The predicted octanol–water partition coefficient (Wildman–Crippen LogP) is 2.36. The number of imide groups is 1. The molecule has 162 valence electrons. The second-order valence-corrected chi connectivity index (χ2v) is 7.38. The van der Waals surface area contributed by atoms with E-state index in [4.69, 9.17) is 4.74 Å². The zero-order valence-corrected chi connectivity index (χ0v) is 17.8. The molecular formula is C23H25N3O5. The van der Waals surface area contributed by atoms with Crippen LogP contribution < -0.4 is 10.2 Å². The highest BCUT2D eigenvalue weighted by Gasteiger charge is 2.50. The highest BCUT2D eigenvalue weighted by molar-refractivity contribution is 6.11. The third-order valence-corrected chi connectivity index (χ3v) is 5.21. The smallest absolute Gasteiger partial charge is 0.326 e. The molecule has 2 aromatic carbocycles. The van der Waals surface area contributed by atoms with E-state index in [1.807, 2.05) is 19.1 Å². The van der Waals surface area contributed by atoms with E-state index in [0.29, 0.717) is 11.3 Å². The van der Waals surface area contributed by atoms with Crippen molar-refractivity contribution >= 4 is 29.5 Å². The van der Waals surface area contributed by atoms with Crippen molar-refractivity contribution in [1.82, 2.24) is 10.2 Å². The highest BCUT2D eigenvalue weighted by atomic mass is 16.5. The summed E-state index contributed by atoms with van der Waals surface area (Å²) in [7, 11) is 0. The molecule has 8 heteroatoms. The quantitative estimate of drug-likeness (QED) is 0.545. The molecule has 0 aliphatic carbocycles. The number of anilines is 1. The van der Waals surface area contributed by atoms with Crippen LogP contribution in [0.3, 0.4) is 0 Å². The molecule has 0 spiro atoms. The fourth-order valence-electron chi connectivity index (χ4n) is 3.64. The van der Waals surface area contributed by atoms with E-state index in [2.05, 4.69) is 5.32 Å². The van der Waals surface area contributed by atoms with E-state index in [0.717, 1.165) is 10.5 Å². The van der Waals surface area contributed by atoms with Crippen LogP contribution in [-0.2, 0) is 24.7 Å². The summed E-state index contributed by atoms with van der Waals surface area (Å²) >= 11 is 0. The molecule has 0 bridgehead atoms. The minimum atomic E-state index is -1.28. The van der Waals surface area contributed by atoms with E-state index in [9.17, 15) is 19.2 Å². The number of rotatable bonds is 7. The summed E-state index contributed by atoms with van der Waals surface area (Å²) in [5.74, 6) is -1.68. The Hall–Kier alpha value is -3.68. The number of aryl methyl sites for hydroxylation is 1. The molecule has 8 nitrogen and oxygen atoms in total. The monoisotopic (exact) mass is 423 g/mol. The number of carbonyl (C=O) groups excluding carboxylic acids is 4. The molecule has 3 rings (SSSR count). The van der Waals surface area contributed by atoms with Gasteiger partial charge in [0.15, 0.2) is 0 Å². The summed E-state index contributed by atoms with van der Waals surface area (Å²) < 4.78 is 4.97. The van der Waals surface area contributed by atoms with E-state index < -0.39 is 35.9 Å². The third-order valence-electron chi connectivity index (χ3n) is 5.21. The molecule has 1 heterocycles. The lowest BCUT2D eigenvalue weighted by molar-refractivity contribution is -0.142. The average Bonchev–Trinajstić information content (AvgIpc) is 2.96. The first kappa shape index (κ1) is 22.0. The fraction of sp³-hybridized carbons (Fsp3) is 0.304. The van der Waals surface area contributed by atoms with E-state index in [-0.39, 0.29) is 13.2 Å². The number of amides is 4. The van der Waals surface area contributed by atoms with Gasteiger partial charge in [0.1, 0.15) is 18.6 Å². The predicted molar refractivity (Wildman–Crippen MR) is 114 cm³/mol. The lowest BCUT2D eigenvalue weighted by Gasteiger charge is -2.25. The van der Waals surface area contributed by atoms with Crippen molar-refractivity contribution in [1.29, 1.82) is 0 Å². The lowest BCUT2D eigenvalue weighted by Crippen LogP contribution is -2.46. The first-order valence-electron chi connectivity index (χ1n) is 9.99. The first-order valence-corrected chi connectivity index (χ1v) is 9.99. The summed E-state index contributed by atoms with van der Waals surface area (Å²) in [6, 6.07) is 15.2. The Bertz CT molecular complexity index is 1010. The maximum absolute atomic E-state index is 13.2. The number of ether oxygens (including phenoxy) is 1. The standard InChI is InChI=1S/C23H25N3O5/c1-4-31-20(28)15-25(17-11-6-5-7-12-17)19(27)14-26-21(29)23(3,24-22(26)30)18-13-9-8-10-16(18)2/h5-13H,4,14-15H2,1-3H3,(H,24,30). The molecule has 1 fully saturated rings. The van der Waals surface area contributed by atoms with Crippen LogP contribution in [0.2, 0.25) is 0 Å². The van der Waals surface area contributed by atoms with E-state index in [1.54, 1.807) is 56.3 Å². The van der Waals surface area contributed by atoms with Crippen molar-refractivity contribution in [3.63, 3.8) is 0 Å². The van der Waals surface area contributed by atoms with Gasteiger partial charge in [-0.05, 0) is 44.0 Å². The second-order valence-electron chi connectivity index (χ2n) is 7.38. The number of benzene rings is 2. The molecule has 1 saturated heterocycles. The van der Waals surface area contributed by atoms with Gasteiger partial charge in [0, 0.05) is 5.69 Å². The maximum atomic E-state index is 13.2. The van der Waals surface area contributed by atoms with Gasteiger partial charge in [-0.1, -0.05) is 42.5 Å². The molecule has 1 aliphatic rings. The minimum absolute atomic E-state index is 0.178. The van der Waals surface area contributed by atoms with Gasteiger partial charge in [-0.3, -0.25) is 24.2 Å².